The Balaban J connectivity index is 2.36. The Labute approximate surface area is 137 Å². The fraction of sp³-hybridized carbons (Fsp3) is 0.316. The standard InChI is InChI=1S/C19H23N3O/c1-12(2)16-10-15(11-17(13(3)4)18(16)23)21-22-19(20)14-8-6-5-7-9-14/h5-13,20,23H,1-4H3. The first-order valence-electron chi connectivity index (χ1n) is 7.82. The minimum Gasteiger partial charge on any atom is -0.507 e. The van der Waals surface area contributed by atoms with Gasteiger partial charge in [0, 0.05) is 5.56 Å². The number of hydrogen-bond acceptors (Lipinski definition) is 3. The molecule has 0 aliphatic heterocycles. The van der Waals surface area contributed by atoms with Crippen molar-refractivity contribution in [1.82, 2.24) is 0 Å². The second kappa shape index (κ2) is 7.18. The minimum atomic E-state index is 0.121. The number of hydrogen-bond donors (Lipinski definition) is 2. The lowest BCUT2D eigenvalue weighted by Crippen LogP contribution is -1.96. The summed E-state index contributed by atoms with van der Waals surface area (Å²) >= 11 is 0. The lowest BCUT2D eigenvalue weighted by Gasteiger charge is -2.15. The van der Waals surface area contributed by atoms with Crippen LogP contribution in [0.3, 0.4) is 0 Å². The number of phenols is 1. The van der Waals surface area contributed by atoms with Crippen LogP contribution in [0, 0.1) is 5.41 Å². The zero-order valence-electron chi connectivity index (χ0n) is 14.0. The number of nitrogens with one attached hydrogen (secondary N) is 1. The van der Waals surface area contributed by atoms with Crippen LogP contribution in [0.25, 0.3) is 0 Å². The van der Waals surface area contributed by atoms with E-state index in [4.69, 9.17) is 5.41 Å². The molecule has 2 rings (SSSR count). The van der Waals surface area contributed by atoms with E-state index < -0.39 is 0 Å². The Morgan fingerprint density at radius 1 is 0.957 bits per heavy atom. The van der Waals surface area contributed by atoms with Crippen LogP contribution in [0.2, 0.25) is 0 Å². The van der Waals surface area contributed by atoms with Gasteiger partial charge in [-0.2, -0.15) is 0 Å². The molecule has 0 heterocycles. The summed E-state index contributed by atoms with van der Waals surface area (Å²) in [5.74, 6) is 0.843. The maximum Gasteiger partial charge on any atom is 0.174 e. The van der Waals surface area contributed by atoms with E-state index in [2.05, 4.69) is 10.2 Å². The molecule has 2 N–H and O–H groups in total. The summed E-state index contributed by atoms with van der Waals surface area (Å²) in [6, 6.07) is 13.0. The molecule has 0 bridgehead atoms. The summed E-state index contributed by atoms with van der Waals surface area (Å²) in [7, 11) is 0. The molecular formula is C19H23N3O. The van der Waals surface area contributed by atoms with E-state index in [9.17, 15) is 5.11 Å². The Kier molecular flexibility index (Phi) is 5.27. The number of nitrogens with zero attached hydrogens (tertiary/aromatic N) is 2. The summed E-state index contributed by atoms with van der Waals surface area (Å²) in [5.41, 5.74) is 3.10. The highest BCUT2D eigenvalue weighted by Crippen LogP contribution is 2.37. The lowest BCUT2D eigenvalue weighted by molar-refractivity contribution is 0.454. The molecule has 0 saturated carbocycles. The average molecular weight is 309 g/mol. The van der Waals surface area contributed by atoms with Gasteiger partial charge < -0.3 is 5.11 Å². The molecule has 0 radical (unpaired) electrons. The van der Waals surface area contributed by atoms with Gasteiger partial charge in [-0.3, -0.25) is 5.41 Å². The quantitative estimate of drug-likeness (QED) is 0.421. The van der Waals surface area contributed by atoms with Crippen molar-refractivity contribution in [2.24, 2.45) is 10.2 Å². The molecule has 2 aromatic carbocycles. The number of rotatable bonds is 4. The van der Waals surface area contributed by atoms with Crippen molar-refractivity contribution < 1.29 is 5.11 Å². The zero-order chi connectivity index (χ0) is 17.0. The fourth-order valence-corrected chi connectivity index (χ4v) is 2.36. The topological polar surface area (TPSA) is 68.8 Å². The Morgan fingerprint density at radius 3 is 1.96 bits per heavy atom. The Hall–Kier alpha value is -2.49. The molecule has 0 aromatic heterocycles. The second-order valence-electron chi connectivity index (χ2n) is 6.20. The number of amidine groups is 1. The van der Waals surface area contributed by atoms with Crippen LogP contribution in [0.5, 0.6) is 5.75 Å². The molecule has 23 heavy (non-hydrogen) atoms. The molecular weight excluding hydrogens is 286 g/mol. The van der Waals surface area contributed by atoms with E-state index >= 15 is 0 Å². The van der Waals surface area contributed by atoms with Gasteiger partial charge in [0.15, 0.2) is 5.84 Å². The third-order valence-electron chi connectivity index (χ3n) is 3.71. The zero-order valence-corrected chi connectivity index (χ0v) is 14.0. The molecule has 120 valence electrons. The summed E-state index contributed by atoms with van der Waals surface area (Å²) in [6.45, 7) is 8.14. The van der Waals surface area contributed by atoms with Crippen LogP contribution in [-0.4, -0.2) is 10.9 Å². The van der Waals surface area contributed by atoms with Gasteiger partial charge in [0.25, 0.3) is 0 Å². The van der Waals surface area contributed by atoms with Gasteiger partial charge in [-0.1, -0.05) is 58.0 Å². The van der Waals surface area contributed by atoms with E-state index in [1.807, 2.05) is 70.2 Å². The van der Waals surface area contributed by atoms with Crippen LogP contribution in [0.1, 0.15) is 56.2 Å². The van der Waals surface area contributed by atoms with Gasteiger partial charge in [-0.05, 0) is 35.1 Å². The summed E-state index contributed by atoms with van der Waals surface area (Å²) < 4.78 is 0. The van der Waals surface area contributed by atoms with Crippen molar-refractivity contribution in [2.75, 3.05) is 0 Å². The van der Waals surface area contributed by atoms with Crippen LogP contribution in [-0.2, 0) is 0 Å². The SMILES string of the molecule is CC(C)c1cc(N=NC(=N)c2ccccc2)cc(C(C)C)c1O. The Bertz CT molecular complexity index is 690. The molecule has 0 aliphatic carbocycles. The van der Waals surface area contributed by atoms with Gasteiger partial charge in [0.05, 0.1) is 5.69 Å². The van der Waals surface area contributed by atoms with Crippen molar-refractivity contribution in [3.05, 3.63) is 59.2 Å². The lowest BCUT2D eigenvalue weighted by atomic mass is 9.93. The molecule has 0 atom stereocenters. The number of aromatic hydroxyl groups is 1. The van der Waals surface area contributed by atoms with Crippen molar-refractivity contribution in [1.29, 1.82) is 5.41 Å². The predicted molar refractivity (Wildman–Crippen MR) is 94.1 cm³/mol. The molecule has 4 heteroatoms. The van der Waals surface area contributed by atoms with E-state index in [0.717, 1.165) is 16.7 Å². The minimum absolute atomic E-state index is 0.121. The third-order valence-corrected chi connectivity index (χ3v) is 3.71. The largest absolute Gasteiger partial charge is 0.507 e. The first kappa shape index (κ1) is 16.9. The maximum atomic E-state index is 10.4. The van der Waals surface area contributed by atoms with Gasteiger partial charge in [0.2, 0.25) is 0 Å². The Morgan fingerprint density at radius 2 is 1.48 bits per heavy atom. The smallest absolute Gasteiger partial charge is 0.174 e. The monoisotopic (exact) mass is 309 g/mol. The van der Waals surface area contributed by atoms with Crippen LogP contribution in [0.4, 0.5) is 5.69 Å². The highest BCUT2D eigenvalue weighted by Gasteiger charge is 2.15. The van der Waals surface area contributed by atoms with E-state index in [1.54, 1.807) is 0 Å². The summed E-state index contributed by atoms with van der Waals surface area (Å²) in [6.07, 6.45) is 0. The molecule has 0 saturated heterocycles. The predicted octanol–water partition coefficient (Wildman–Crippen LogP) is 5.75. The van der Waals surface area contributed by atoms with Gasteiger partial charge in [0.1, 0.15) is 5.75 Å². The van der Waals surface area contributed by atoms with Crippen LogP contribution in [0.15, 0.2) is 52.7 Å². The molecule has 0 unspecified atom stereocenters. The summed E-state index contributed by atoms with van der Waals surface area (Å²) in [5, 5.41) is 26.6. The molecule has 0 amide bonds. The van der Waals surface area contributed by atoms with Gasteiger partial charge >= 0.3 is 0 Å². The highest BCUT2D eigenvalue weighted by atomic mass is 16.3. The van der Waals surface area contributed by atoms with Crippen LogP contribution >= 0.6 is 0 Å². The molecule has 2 aromatic rings. The highest BCUT2D eigenvalue weighted by molar-refractivity contribution is 5.96. The van der Waals surface area contributed by atoms with Crippen molar-refractivity contribution in [3.63, 3.8) is 0 Å². The molecule has 4 nitrogen and oxygen atoms in total. The fourth-order valence-electron chi connectivity index (χ4n) is 2.36. The average Bonchev–Trinajstić information content (AvgIpc) is 2.53. The molecule has 0 fully saturated rings. The van der Waals surface area contributed by atoms with E-state index in [1.165, 1.54) is 0 Å². The molecule has 0 spiro atoms. The summed E-state index contributed by atoms with van der Waals surface area (Å²) in [4.78, 5) is 0. The molecule has 0 aliphatic rings. The van der Waals surface area contributed by atoms with Gasteiger partial charge in [-0.25, -0.2) is 0 Å². The maximum absolute atomic E-state index is 10.4. The number of benzene rings is 2. The van der Waals surface area contributed by atoms with Crippen molar-refractivity contribution in [3.8, 4) is 5.75 Å². The van der Waals surface area contributed by atoms with Crippen molar-refractivity contribution in [2.45, 2.75) is 39.5 Å². The van der Waals surface area contributed by atoms with E-state index in [0.29, 0.717) is 11.4 Å². The number of azo groups is 1. The number of phenolic OH excluding ortho intramolecular Hbond substituents is 1. The van der Waals surface area contributed by atoms with Crippen molar-refractivity contribution >= 4 is 11.5 Å². The first-order valence-corrected chi connectivity index (χ1v) is 7.82. The first-order chi connectivity index (χ1) is 10.9. The van der Waals surface area contributed by atoms with Crippen LogP contribution < -0.4 is 0 Å². The second-order valence-corrected chi connectivity index (χ2v) is 6.20. The van der Waals surface area contributed by atoms with E-state index in [-0.39, 0.29) is 17.7 Å². The third kappa shape index (κ3) is 4.03. The normalized spacial score (nSPS) is 11.6. The van der Waals surface area contributed by atoms with Gasteiger partial charge in [-0.15, -0.1) is 10.2 Å².